The van der Waals surface area contributed by atoms with Gasteiger partial charge in [0.25, 0.3) is 0 Å². The molecular formula is C7H12O8. The Balaban J connectivity index is 4.13. The van der Waals surface area contributed by atoms with Crippen LogP contribution < -0.4 is 0 Å². The predicted octanol–water partition coefficient (Wildman–Crippen LogP) is -2.67. The van der Waals surface area contributed by atoms with Crippen molar-refractivity contribution in [1.29, 1.82) is 0 Å². The van der Waals surface area contributed by atoms with Crippen molar-refractivity contribution in [3.8, 4) is 0 Å². The topological polar surface area (TPSA) is 145 Å². The molecule has 0 fully saturated rings. The number of Topliss-reactive ketones (excluding diaryl/α,β-unsaturated/α-hetero) is 1. The number of hydrogen-bond donors (Lipinski definition) is 5. The first-order valence-electron chi connectivity index (χ1n) is 3.93. The molecule has 0 amide bonds. The molecule has 0 aliphatic carbocycles. The van der Waals surface area contributed by atoms with Crippen molar-refractivity contribution in [3.05, 3.63) is 0 Å². The lowest BCUT2D eigenvalue weighted by Gasteiger charge is -2.19. The average Bonchev–Trinajstić information content (AvgIpc) is 2.22. The largest absolute Gasteiger partial charge is 0.506 e. The maximum Gasteiger partial charge on any atom is 0.506 e. The van der Waals surface area contributed by atoms with Crippen LogP contribution in [-0.2, 0) is 9.53 Å². The van der Waals surface area contributed by atoms with E-state index >= 15 is 0 Å². The van der Waals surface area contributed by atoms with Crippen molar-refractivity contribution in [3.63, 3.8) is 0 Å². The third-order valence-corrected chi connectivity index (χ3v) is 1.57. The van der Waals surface area contributed by atoms with Crippen LogP contribution in [0.5, 0.6) is 0 Å². The zero-order valence-electron chi connectivity index (χ0n) is 7.61. The summed E-state index contributed by atoms with van der Waals surface area (Å²) in [5, 5.41) is 43.4. The molecule has 0 rings (SSSR count). The van der Waals surface area contributed by atoms with Crippen molar-refractivity contribution in [1.82, 2.24) is 0 Å². The molecule has 0 aromatic carbocycles. The smallest absolute Gasteiger partial charge is 0.450 e. The SMILES string of the molecule is O=C(O)OCC(=O)[C@H](O)[C@@H](O)[C@H](O)CO. The molecular weight excluding hydrogens is 212 g/mol. The van der Waals surface area contributed by atoms with Crippen LogP contribution >= 0.6 is 0 Å². The summed E-state index contributed by atoms with van der Waals surface area (Å²) in [6, 6.07) is 0. The third-order valence-electron chi connectivity index (χ3n) is 1.57. The first-order valence-corrected chi connectivity index (χ1v) is 3.93. The summed E-state index contributed by atoms with van der Waals surface area (Å²) in [4.78, 5) is 20.8. The van der Waals surface area contributed by atoms with Crippen LogP contribution in [0.2, 0.25) is 0 Å². The van der Waals surface area contributed by atoms with E-state index in [0.717, 1.165) is 0 Å². The Morgan fingerprint density at radius 1 is 1.20 bits per heavy atom. The van der Waals surface area contributed by atoms with E-state index < -0.39 is 43.5 Å². The van der Waals surface area contributed by atoms with Gasteiger partial charge in [-0.3, -0.25) is 4.79 Å². The average molecular weight is 224 g/mol. The number of carbonyl (C=O) groups is 2. The molecule has 88 valence electrons. The molecule has 3 atom stereocenters. The van der Waals surface area contributed by atoms with E-state index in [2.05, 4.69) is 4.74 Å². The predicted molar refractivity (Wildman–Crippen MR) is 44.1 cm³/mol. The van der Waals surface area contributed by atoms with Crippen molar-refractivity contribution < 1.29 is 39.9 Å². The number of rotatable bonds is 6. The molecule has 5 N–H and O–H groups in total. The fourth-order valence-corrected chi connectivity index (χ4v) is 0.727. The minimum Gasteiger partial charge on any atom is -0.450 e. The van der Waals surface area contributed by atoms with Gasteiger partial charge in [-0.15, -0.1) is 0 Å². The molecule has 0 saturated heterocycles. The molecule has 0 heterocycles. The number of ether oxygens (including phenoxy) is 1. The number of aliphatic hydroxyl groups excluding tert-OH is 4. The highest BCUT2D eigenvalue weighted by Crippen LogP contribution is 2.01. The second-order valence-corrected chi connectivity index (χ2v) is 2.71. The van der Waals surface area contributed by atoms with Crippen LogP contribution in [0.4, 0.5) is 4.79 Å². The summed E-state index contributed by atoms with van der Waals surface area (Å²) in [5.74, 6) is -1.11. The molecule has 15 heavy (non-hydrogen) atoms. The van der Waals surface area contributed by atoms with Gasteiger partial charge in [0.1, 0.15) is 18.3 Å². The number of carboxylic acid groups (broad SMARTS) is 1. The number of aliphatic hydroxyl groups is 4. The van der Waals surface area contributed by atoms with Gasteiger partial charge >= 0.3 is 6.16 Å². The molecule has 0 spiro atoms. The van der Waals surface area contributed by atoms with Gasteiger partial charge < -0.3 is 30.3 Å². The lowest BCUT2D eigenvalue weighted by atomic mass is 10.1. The molecule has 0 aromatic heterocycles. The highest BCUT2D eigenvalue weighted by molar-refractivity contribution is 5.85. The summed E-state index contributed by atoms with van der Waals surface area (Å²) in [6.07, 6.45) is -7.28. The molecule has 0 bridgehead atoms. The van der Waals surface area contributed by atoms with Gasteiger partial charge in [-0.25, -0.2) is 4.79 Å². The third kappa shape index (κ3) is 4.70. The minimum atomic E-state index is -2.01. The van der Waals surface area contributed by atoms with Gasteiger partial charge in [0.15, 0.2) is 6.61 Å². The minimum absolute atomic E-state index is 0.842. The molecule has 8 nitrogen and oxygen atoms in total. The van der Waals surface area contributed by atoms with Crippen molar-refractivity contribution in [2.75, 3.05) is 13.2 Å². The Kier molecular flexibility index (Phi) is 5.79. The Bertz CT molecular complexity index is 227. The Morgan fingerprint density at radius 2 is 1.73 bits per heavy atom. The molecule has 0 unspecified atom stereocenters. The fraction of sp³-hybridized carbons (Fsp3) is 0.714. The highest BCUT2D eigenvalue weighted by atomic mass is 16.7. The maximum atomic E-state index is 10.9. The summed E-state index contributed by atoms with van der Waals surface area (Å²) in [5.41, 5.74) is 0. The van der Waals surface area contributed by atoms with Crippen molar-refractivity contribution in [2.45, 2.75) is 18.3 Å². The van der Waals surface area contributed by atoms with Crippen molar-refractivity contribution >= 4 is 11.9 Å². The lowest BCUT2D eigenvalue weighted by molar-refractivity contribution is -0.143. The van der Waals surface area contributed by atoms with E-state index in [9.17, 15) is 9.59 Å². The van der Waals surface area contributed by atoms with E-state index in [1.165, 1.54) is 0 Å². The van der Waals surface area contributed by atoms with Crippen LogP contribution in [0.25, 0.3) is 0 Å². The zero-order valence-corrected chi connectivity index (χ0v) is 7.61. The van der Waals surface area contributed by atoms with Crippen LogP contribution in [0.15, 0.2) is 0 Å². The van der Waals surface area contributed by atoms with Crippen LogP contribution in [0, 0.1) is 0 Å². The lowest BCUT2D eigenvalue weighted by Crippen LogP contribution is -2.45. The van der Waals surface area contributed by atoms with E-state index in [1.807, 2.05) is 0 Å². The first-order chi connectivity index (χ1) is 6.90. The summed E-state index contributed by atoms with van der Waals surface area (Å²) >= 11 is 0. The monoisotopic (exact) mass is 224 g/mol. The molecule has 0 aliphatic heterocycles. The Hall–Kier alpha value is -1.22. The van der Waals surface area contributed by atoms with E-state index in [-0.39, 0.29) is 0 Å². The molecule has 0 aromatic rings. The highest BCUT2D eigenvalue weighted by Gasteiger charge is 2.30. The molecule has 8 heteroatoms. The summed E-state index contributed by atoms with van der Waals surface area (Å²) in [6.45, 7) is -1.78. The second kappa shape index (κ2) is 6.30. The second-order valence-electron chi connectivity index (χ2n) is 2.71. The Morgan fingerprint density at radius 3 is 2.13 bits per heavy atom. The van der Waals surface area contributed by atoms with Crippen LogP contribution in [-0.4, -0.2) is 69.0 Å². The normalized spacial score (nSPS) is 16.5. The zero-order chi connectivity index (χ0) is 12.0. The van der Waals surface area contributed by atoms with Gasteiger partial charge in [-0.1, -0.05) is 0 Å². The van der Waals surface area contributed by atoms with Gasteiger partial charge in [-0.2, -0.15) is 0 Å². The van der Waals surface area contributed by atoms with Gasteiger partial charge in [0, 0.05) is 0 Å². The fourth-order valence-electron chi connectivity index (χ4n) is 0.727. The number of hydrogen-bond acceptors (Lipinski definition) is 7. The van der Waals surface area contributed by atoms with Gasteiger partial charge in [-0.05, 0) is 0 Å². The maximum absolute atomic E-state index is 10.9. The standard InChI is InChI=1S/C7H12O8/c8-1-3(9)5(11)6(12)4(10)2-15-7(13)14/h3,5-6,8-9,11-12H,1-2H2,(H,13,14)/t3-,5+,6+/m1/s1. The summed E-state index contributed by atoms with van der Waals surface area (Å²) < 4.78 is 3.84. The first kappa shape index (κ1) is 13.8. The van der Waals surface area contributed by atoms with E-state index in [0.29, 0.717) is 0 Å². The quantitative estimate of drug-likeness (QED) is 0.307. The van der Waals surface area contributed by atoms with Gasteiger partial charge in [0.05, 0.1) is 6.61 Å². The van der Waals surface area contributed by atoms with Crippen LogP contribution in [0.3, 0.4) is 0 Å². The molecule has 0 aliphatic rings. The number of ketones is 1. The Labute approximate surface area is 84.3 Å². The van der Waals surface area contributed by atoms with Gasteiger partial charge in [0.2, 0.25) is 5.78 Å². The summed E-state index contributed by atoms with van der Waals surface area (Å²) in [7, 11) is 0. The van der Waals surface area contributed by atoms with E-state index in [1.54, 1.807) is 0 Å². The van der Waals surface area contributed by atoms with Crippen molar-refractivity contribution in [2.24, 2.45) is 0 Å². The van der Waals surface area contributed by atoms with Crippen LogP contribution in [0.1, 0.15) is 0 Å². The number of carbonyl (C=O) groups excluding carboxylic acids is 1. The van der Waals surface area contributed by atoms with E-state index in [4.69, 9.17) is 25.5 Å². The molecule has 0 saturated carbocycles. The molecule has 0 radical (unpaired) electrons.